The molecule has 0 aliphatic heterocycles. The van der Waals surface area contributed by atoms with Gasteiger partial charge in [-0.2, -0.15) is 0 Å². The molecule has 1 aromatic carbocycles. The summed E-state index contributed by atoms with van der Waals surface area (Å²) in [6.07, 6.45) is 6.70. The molecule has 0 radical (unpaired) electrons. The molecule has 1 nitrogen and oxygen atoms in total. The fourth-order valence-corrected chi connectivity index (χ4v) is 5.23. The predicted octanol–water partition coefficient (Wildman–Crippen LogP) is 4.73. The average Bonchev–Trinajstić information content (AvgIpc) is 2.35. The van der Waals surface area contributed by atoms with E-state index in [9.17, 15) is 0 Å². The van der Waals surface area contributed by atoms with E-state index in [1.807, 2.05) is 13.2 Å². The molecule has 0 bridgehead atoms. The first-order valence-electron chi connectivity index (χ1n) is 7.15. The van der Waals surface area contributed by atoms with E-state index in [2.05, 4.69) is 55.2 Å². The van der Waals surface area contributed by atoms with Crippen LogP contribution in [0.5, 0.6) is 0 Å². The van der Waals surface area contributed by atoms with Crippen molar-refractivity contribution in [2.45, 2.75) is 38.4 Å². The Morgan fingerprint density at radius 3 is 2.58 bits per heavy atom. The molecule has 0 saturated carbocycles. The maximum Gasteiger partial charge on any atom is 0.0844 e. The topological polar surface area (TPSA) is 9.23 Å². The predicted molar refractivity (Wildman–Crippen MR) is 84.8 cm³/mol. The van der Waals surface area contributed by atoms with E-state index < -0.39 is 8.07 Å². The van der Waals surface area contributed by atoms with Crippen molar-refractivity contribution in [3.8, 4) is 0 Å². The van der Waals surface area contributed by atoms with Crippen LogP contribution in [-0.4, -0.2) is 14.7 Å². The summed E-state index contributed by atoms with van der Waals surface area (Å²) in [7, 11) is -1.35. The van der Waals surface area contributed by atoms with E-state index in [-0.39, 0.29) is 0 Å². The Morgan fingerprint density at radius 2 is 2.00 bits per heavy atom. The van der Waals surface area contributed by atoms with Gasteiger partial charge in [0, 0.05) is 0 Å². The van der Waals surface area contributed by atoms with Crippen LogP contribution in [0.2, 0.25) is 18.6 Å². The Balaban J connectivity index is 1.98. The van der Waals surface area contributed by atoms with E-state index in [1.54, 1.807) is 5.57 Å². The van der Waals surface area contributed by atoms with Crippen LogP contribution >= 0.6 is 0 Å². The lowest BCUT2D eigenvalue weighted by Gasteiger charge is -2.37. The number of allylic oxidation sites excluding steroid dienone is 2. The van der Waals surface area contributed by atoms with Gasteiger partial charge in [-0.25, -0.2) is 0 Å². The number of ether oxygens (including phenoxy) is 1. The molecular weight excluding hydrogens is 248 g/mol. The van der Waals surface area contributed by atoms with Crippen molar-refractivity contribution in [2.75, 3.05) is 6.61 Å². The highest BCUT2D eigenvalue weighted by molar-refractivity contribution is 6.84. The molecule has 102 valence electrons. The van der Waals surface area contributed by atoms with Crippen LogP contribution in [0.15, 0.2) is 53.9 Å². The summed E-state index contributed by atoms with van der Waals surface area (Å²) in [5.41, 5.74) is 6.18. The third-order valence-corrected chi connectivity index (χ3v) is 7.37. The van der Waals surface area contributed by atoms with E-state index >= 15 is 0 Å². The minimum atomic E-state index is -1.35. The molecule has 1 aliphatic rings. The number of rotatable bonds is 6. The zero-order chi connectivity index (χ0) is 13.7. The van der Waals surface area contributed by atoms with E-state index in [0.29, 0.717) is 0 Å². The van der Waals surface area contributed by atoms with Gasteiger partial charge in [0.2, 0.25) is 0 Å². The summed E-state index contributed by atoms with van der Waals surface area (Å²) in [5.74, 6) is 0. The first-order valence-corrected chi connectivity index (χ1v) is 10.3. The summed E-state index contributed by atoms with van der Waals surface area (Å²) in [6.45, 7) is 7.66. The fraction of sp³-hybridized carbons (Fsp3) is 0.412. The summed E-state index contributed by atoms with van der Waals surface area (Å²) < 4.78 is 5.38. The third kappa shape index (κ3) is 3.60. The summed E-state index contributed by atoms with van der Waals surface area (Å²) in [6, 6.07) is 10.8. The Labute approximate surface area is 118 Å². The fourth-order valence-electron chi connectivity index (χ4n) is 2.65. The third-order valence-electron chi connectivity index (χ3n) is 3.97. The lowest BCUT2D eigenvalue weighted by Crippen LogP contribution is -2.35. The summed E-state index contributed by atoms with van der Waals surface area (Å²) in [5, 5.41) is 0. The summed E-state index contributed by atoms with van der Waals surface area (Å²) >= 11 is 0. The lowest BCUT2D eigenvalue weighted by molar-refractivity contribution is 0.269. The molecule has 0 aromatic heterocycles. The molecular formula is C17H24OSi. The zero-order valence-corrected chi connectivity index (χ0v) is 13.2. The van der Waals surface area contributed by atoms with Gasteiger partial charge in [-0.1, -0.05) is 60.8 Å². The van der Waals surface area contributed by atoms with Crippen molar-refractivity contribution in [3.05, 3.63) is 59.5 Å². The van der Waals surface area contributed by atoms with Crippen LogP contribution in [0, 0.1) is 0 Å². The molecule has 19 heavy (non-hydrogen) atoms. The molecule has 2 heteroatoms. The van der Waals surface area contributed by atoms with Gasteiger partial charge in [0.25, 0.3) is 0 Å². The molecule has 1 aromatic rings. The van der Waals surface area contributed by atoms with Gasteiger partial charge in [-0.05, 0) is 30.9 Å². The largest absolute Gasteiger partial charge is 0.502 e. The van der Waals surface area contributed by atoms with E-state index in [4.69, 9.17) is 4.74 Å². The van der Waals surface area contributed by atoms with Crippen molar-refractivity contribution in [3.63, 3.8) is 0 Å². The Kier molecular flexibility index (Phi) is 4.64. The first-order chi connectivity index (χ1) is 9.13. The van der Waals surface area contributed by atoms with E-state index in [0.717, 1.165) is 18.6 Å². The van der Waals surface area contributed by atoms with Gasteiger partial charge >= 0.3 is 0 Å². The van der Waals surface area contributed by atoms with Gasteiger partial charge in [0.1, 0.15) is 0 Å². The normalized spacial score (nSPS) is 19.1. The second kappa shape index (κ2) is 6.24. The van der Waals surface area contributed by atoms with E-state index in [1.165, 1.54) is 12.0 Å². The lowest BCUT2D eigenvalue weighted by atomic mass is 9.92. The van der Waals surface area contributed by atoms with Crippen LogP contribution in [0.4, 0.5) is 0 Å². The number of benzene rings is 1. The maximum absolute atomic E-state index is 5.38. The van der Waals surface area contributed by atoms with Crippen LogP contribution in [0.3, 0.4) is 0 Å². The maximum atomic E-state index is 5.38. The molecule has 1 atom stereocenters. The van der Waals surface area contributed by atoms with Gasteiger partial charge in [0.05, 0.1) is 20.9 Å². The second-order valence-electron chi connectivity index (χ2n) is 5.81. The quantitative estimate of drug-likeness (QED) is 0.413. The van der Waals surface area contributed by atoms with Gasteiger partial charge < -0.3 is 4.74 Å². The minimum absolute atomic E-state index is 0.762. The van der Waals surface area contributed by atoms with Crippen LogP contribution in [0.1, 0.15) is 18.9 Å². The van der Waals surface area contributed by atoms with Crippen molar-refractivity contribution in [1.29, 1.82) is 0 Å². The van der Waals surface area contributed by atoms with Crippen molar-refractivity contribution >= 4 is 8.07 Å². The standard InChI is InChI=1S/C17H24OSi/c1-4-18-12-13-19(2,3)17-11-10-16(17)14-15-8-6-5-7-9-15/h5-10,12-13,17H,4,11,14H2,1-3H3. The number of hydrogen-bond acceptors (Lipinski definition) is 1. The highest BCUT2D eigenvalue weighted by Gasteiger charge is 2.35. The second-order valence-corrected chi connectivity index (χ2v) is 10.5. The molecule has 0 saturated heterocycles. The Hall–Kier alpha value is -1.28. The zero-order valence-electron chi connectivity index (χ0n) is 12.2. The Morgan fingerprint density at radius 1 is 1.26 bits per heavy atom. The van der Waals surface area contributed by atoms with Crippen molar-refractivity contribution < 1.29 is 4.74 Å². The Bertz CT molecular complexity index is 459. The highest BCUT2D eigenvalue weighted by atomic mass is 28.3. The number of hydrogen-bond donors (Lipinski definition) is 0. The molecule has 0 spiro atoms. The van der Waals surface area contributed by atoms with Crippen LogP contribution in [-0.2, 0) is 11.2 Å². The molecule has 0 fully saturated rings. The van der Waals surface area contributed by atoms with Gasteiger partial charge in [0.15, 0.2) is 0 Å². The van der Waals surface area contributed by atoms with Crippen molar-refractivity contribution in [1.82, 2.24) is 0 Å². The molecule has 0 N–H and O–H groups in total. The van der Waals surface area contributed by atoms with Gasteiger partial charge in [-0.15, -0.1) is 0 Å². The molecule has 2 rings (SSSR count). The molecule has 1 unspecified atom stereocenters. The van der Waals surface area contributed by atoms with Crippen LogP contribution in [0.25, 0.3) is 0 Å². The van der Waals surface area contributed by atoms with Crippen molar-refractivity contribution in [2.24, 2.45) is 0 Å². The van der Waals surface area contributed by atoms with Gasteiger partial charge in [-0.3, -0.25) is 0 Å². The average molecular weight is 272 g/mol. The smallest absolute Gasteiger partial charge is 0.0844 e. The van der Waals surface area contributed by atoms with Crippen LogP contribution < -0.4 is 0 Å². The summed E-state index contributed by atoms with van der Waals surface area (Å²) in [4.78, 5) is 0. The molecule has 0 heterocycles. The highest BCUT2D eigenvalue weighted by Crippen LogP contribution is 2.43. The molecule has 0 amide bonds. The minimum Gasteiger partial charge on any atom is -0.502 e. The molecule has 1 aliphatic carbocycles. The SMILES string of the molecule is CCOC=C[Si](C)(C)C1CC=C1Cc1ccccc1. The first kappa shape index (κ1) is 14.1. The monoisotopic (exact) mass is 272 g/mol.